The van der Waals surface area contributed by atoms with Crippen LogP contribution in [0.1, 0.15) is 31.0 Å². The Morgan fingerprint density at radius 1 is 1.11 bits per heavy atom. The quantitative estimate of drug-likeness (QED) is 0.690. The molecule has 27 heavy (non-hydrogen) atoms. The number of hydrogen-bond donors (Lipinski definition) is 1. The summed E-state index contributed by atoms with van der Waals surface area (Å²) in [6.07, 6.45) is -0.885. The highest BCUT2D eigenvalue weighted by Gasteiger charge is 2.21. The molecule has 0 unspecified atom stereocenters. The van der Waals surface area contributed by atoms with Crippen LogP contribution in [0.25, 0.3) is 0 Å². The molecule has 0 bridgehead atoms. The number of halogens is 2. The minimum Gasteiger partial charge on any atom is -0.497 e. The van der Waals surface area contributed by atoms with Crippen molar-refractivity contribution >= 4 is 35.1 Å². The molecule has 0 aliphatic rings. The van der Waals surface area contributed by atoms with Gasteiger partial charge in [0.1, 0.15) is 5.75 Å². The van der Waals surface area contributed by atoms with Crippen molar-refractivity contribution in [2.45, 2.75) is 32.4 Å². The lowest BCUT2D eigenvalue weighted by Crippen LogP contribution is -2.37. The Labute approximate surface area is 168 Å². The lowest BCUT2D eigenvalue weighted by molar-refractivity contribution is -0.154. The van der Waals surface area contributed by atoms with Crippen molar-refractivity contribution in [3.63, 3.8) is 0 Å². The second-order valence-electron chi connectivity index (χ2n) is 6.06. The van der Waals surface area contributed by atoms with Crippen LogP contribution >= 0.6 is 23.2 Å². The molecule has 5 nitrogen and oxygen atoms in total. The van der Waals surface area contributed by atoms with Gasteiger partial charge in [-0.15, -0.1) is 0 Å². The lowest BCUT2D eigenvalue weighted by atomic mass is 10.1. The Morgan fingerprint density at radius 3 is 2.52 bits per heavy atom. The molecular weight excluding hydrogens is 389 g/mol. The maximum absolute atomic E-state index is 12.3. The van der Waals surface area contributed by atoms with Crippen LogP contribution in [0.5, 0.6) is 5.75 Å². The van der Waals surface area contributed by atoms with E-state index in [1.54, 1.807) is 56.5 Å². The molecular formula is C20H21Cl2NO4. The summed E-state index contributed by atoms with van der Waals surface area (Å²) in [7, 11) is 1.55. The third-order valence-corrected chi connectivity index (χ3v) is 4.51. The Morgan fingerprint density at radius 2 is 1.85 bits per heavy atom. The Balaban J connectivity index is 1.91. The van der Waals surface area contributed by atoms with Crippen LogP contribution in [-0.4, -0.2) is 25.1 Å². The van der Waals surface area contributed by atoms with Crippen molar-refractivity contribution in [2.24, 2.45) is 0 Å². The lowest BCUT2D eigenvalue weighted by Gasteiger charge is -2.19. The minimum atomic E-state index is -0.934. The molecule has 1 N–H and O–H groups in total. The minimum absolute atomic E-state index is 0.0490. The van der Waals surface area contributed by atoms with E-state index >= 15 is 0 Å². The third kappa shape index (κ3) is 6.15. The average molecular weight is 410 g/mol. The average Bonchev–Trinajstić information content (AvgIpc) is 2.61. The van der Waals surface area contributed by atoms with Gasteiger partial charge in [-0.1, -0.05) is 41.4 Å². The van der Waals surface area contributed by atoms with Crippen molar-refractivity contribution in [1.29, 1.82) is 0 Å². The Kier molecular flexibility index (Phi) is 7.51. The predicted molar refractivity (Wildman–Crippen MR) is 105 cm³/mol. The molecule has 0 aliphatic heterocycles. The van der Waals surface area contributed by atoms with Crippen molar-refractivity contribution < 1.29 is 19.1 Å². The number of esters is 1. The maximum Gasteiger partial charge on any atom is 0.311 e. The predicted octanol–water partition coefficient (Wildman–Crippen LogP) is 4.35. The van der Waals surface area contributed by atoms with Crippen molar-refractivity contribution in [3.05, 3.63) is 63.6 Å². The fraction of sp³-hybridized carbons (Fsp3) is 0.300. The van der Waals surface area contributed by atoms with E-state index in [9.17, 15) is 9.59 Å². The molecule has 0 aromatic heterocycles. The summed E-state index contributed by atoms with van der Waals surface area (Å²) >= 11 is 12.0. The van der Waals surface area contributed by atoms with Gasteiger partial charge in [-0.3, -0.25) is 9.59 Å². The van der Waals surface area contributed by atoms with Crippen LogP contribution in [0, 0.1) is 0 Å². The van der Waals surface area contributed by atoms with Crippen molar-refractivity contribution in [3.8, 4) is 5.75 Å². The molecule has 0 saturated heterocycles. The Bertz CT molecular complexity index is 825. The topological polar surface area (TPSA) is 64.6 Å². The summed E-state index contributed by atoms with van der Waals surface area (Å²) in [4.78, 5) is 24.4. The summed E-state index contributed by atoms with van der Waals surface area (Å²) in [5.41, 5.74) is 1.47. The van der Waals surface area contributed by atoms with Crippen molar-refractivity contribution in [2.75, 3.05) is 7.11 Å². The van der Waals surface area contributed by atoms with Crippen LogP contribution < -0.4 is 10.1 Å². The Hall–Kier alpha value is -2.24. The largest absolute Gasteiger partial charge is 0.497 e. The van der Waals surface area contributed by atoms with Gasteiger partial charge in [0.25, 0.3) is 5.91 Å². The second kappa shape index (κ2) is 9.62. The van der Waals surface area contributed by atoms with E-state index in [1.807, 2.05) is 0 Å². The first-order valence-corrected chi connectivity index (χ1v) is 9.13. The first-order valence-electron chi connectivity index (χ1n) is 8.38. The van der Waals surface area contributed by atoms with Gasteiger partial charge in [0, 0.05) is 10.0 Å². The first kappa shape index (κ1) is 21.1. The van der Waals surface area contributed by atoms with Gasteiger partial charge in [0.2, 0.25) is 0 Å². The van der Waals surface area contributed by atoms with Gasteiger partial charge in [-0.05, 0) is 49.2 Å². The summed E-state index contributed by atoms with van der Waals surface area (Å²) in [5.74, 6) is -0.254. The molecule has 2 aromatic rings. The highest BCUT2D eigenvalue weighted by Crippen LogP contribution is 2.26. The number of methoxy groups -OCH3 is 1. The zero-order chi connectivity index (χ0) is 20.0. The molecule has 1 amide bonds. The molecule has 0 radical (unpaired) electrons. The second-order valence-corrected chi connectivity index (χ2v) is 6.90. The van der Waals surface area contributed by atoms with Gasteiger partial charge in [0.15, 0.2) is 6.10 Å². The summed E-state index contributed by atoms with van der Waals surface area (Å²) in [6, 6.07) is 11.8. The van der Waals surface area contributed by atoms with E-state index in [-0.39, 0.29) is 12.5 Å². The smallest absolute Gasteiger partial charge is 0.311 e. The standard InChI is InChI=1S/C20H21Cl2NO4/c1-12(17-8-7-15(21)11-18(17)22)23-20(25)13(2)27-19(24)10-14-5-4-6-16(9-14)26-3/h4-9,11-13H,10H2,1-3H3,(H,23,25)/t12-,13+/m0/s1. The monoisotopic (exact) mass is 409 g/mol. The maximum atomic E-state index is 12.3. The van der Waals surface area contributed by atoms with Gasteiger partial charge in [0.05, 0.1) is 19.6 Å². The number of amides is 1. The normalized spacial score (nSPS) is 12.8. The number of rotatable bonds is 7. The van der Waals surface area contributed by atoms with E-state index < -0.39 is 18.0 Å². The van der Waals surface area contributed by atoms with E-state index in [0.29, 0.717) is 15.8 Å². The third-order valence-electron chi connectivity index (χ3n) is 3.95. The summed E-state index contributed by atoms with van der Waals surface area (Å²) < 4.78 is 10.4. The highest BCUT2D eigenvalue weighted by atomic mass is 35.5. The van der Waals surface area contributed by atoms with Gasteiger partial charge >= 0.3 is 5.97 Å². The van der Waals surface area contributed by atoms with Crippen LogP contribution in [0.2, 0.25) is 10.0 Å². The molecule has 0 saturated carbocycles. The summed E-state index contributed by atoms with van der Waals surface area (Å²) in [5, 5.41) is 3.75. The fourth-order valence-corrected chi connectivity index (χ4v) is 3.07. The van der Waals surface area contributed by atoms with E-state index in [0.717, 1.165) is 11.1 Å². The van der Waals surface area contributed by atoms with Crippen LogP contribution in [0.4, 0.5) is 0 Å². The molecule has 0 fully saturated rings. The molecule has 144 valence electrons. The molecule has 0 spiro atoms. The van der Waals surface area contributed by atoms with Crippen LogP contribution in [0.15, 0.2) is 42.5 Å². The molecule has 2 atom stereocenters. The van der Waals surface area contributed by atoms with E-state index in [4.69, 9.17) is 32.7 Å². The summed E-state index contributed by atoms with van der Waals surface area (Å²) in [6.45, 7) is 3.31. The molecule has 0 aliphatic carbocycles. The number of hydrogen-bond acceptors (Lipinski definition) is 4. The number of nitrogens with one attached hydrogen (secondary N) is 1. The van der Waals surface area contributed by atoms with Gasteiger partial charge in [-0.25, -0.2) is 0 Å². The zero-order valence-electron chi connectivity index (χ0n) is 15.3. The van der Waals surface area contributed by atoms with Crippen LogP contribution in [-0.2, 0) is 20.7 Å². The fourth-order valence-electron chi connectivity index (χ4n) is 2.50. The number of benzene rings is 2. The number of ether oxygens (including phenoxy) is 2. The van der Waals surface area contributed by atoms with Crippen LogP contribution in [0.3, 0.4) is 0 Å². The first-order chi connectivity index (χ1) is 12.8. The van der Waals surface area contributed by atoms with Gasteiger partial charge < -0.3 is 14.8 Å². The number of carbonyl (C=O) groups excluding carboxylic acids is 2. The zero-order valence-corrected chi connectivity index (χ0v) is 16.8. The van der Waals surface area contributed by atoms with Gasteiger partial charge in [-0.2, -0.15) is 0 Å². The molecule has 2 rings (SSSR count). The number of carbonyl (C=O) groups is 2. The highest BCUT2D eigenvalue weighted by molar-refractivity contribution is 6.35. The molecule has 0 heterocycles. The SMILES string of the molecule is COc1cccc(CC(=O)O[C@H](C)C(=O)N[C@@H](C)c2ccc(Cl)cc2Cl)c1. The molecule has 7 heteroatoms. The molecule has 2 aromatic carbocycles. The van der Waals surface area contributed by atoms with E-state index in [2.05, 4.69) is 5.32 Å². The van der Waals surface area contributed by atoms with E-state index in [1.165, 1.54) is 6.92 Å². The van der Waals surface area contributed by atoms with Crippen molar-refractivity contribution in [1.82, 2.24) is 5.32 Å².